The van der Waals surface area contributed by atoms with Crippen molar-refractivity contribution in [2.24, 2.45) is 0 Å². The number of benzene rings is 2. The molecule has 0 atom stereocenters. The van der Waals surface area contributed by atoms with Crippen molar-refractivity contribution in [3.63, 3.8) is 0 Å². The molecule has 5 heteroatoms. The molecule has 0 unspecified atom stereocenters. The minimum atomic E-state index is -0.173. The van der Waals surface area contributed by atoms with Crippen LogP contribution in [0.3, 0.4) is 0 Å². The second-order valence-corrected chi connectivity index (χ2v) is 8.50. The van der Waals surface area contributed by atoms with E-state index in [4.69, 9.17) is 9.47 Å². The number of methoxy groups -OCH3 is 1. The van der Waals surface area contributed by atoms with E-state index in [2.05, 4.69) is 61.4 Å². The van der Waals surface area contributed by atoms with Gasteiger partial charge in [-0.25, -0.2) is 4.98 Å². The highest BCUT2D eigenvalue weighted by molar-refractivity contribution is 7.13. The van der Waals surface area contributed by atoms with Crippen molar-refractivity contribution in [3.8, 4) is 11.5 Å². The molecule has 1 aliphatic heterocycles. The Hall–Kier alpha value is -2.53. The van der Waals surface area contributed by atoms with Crippen molar-refractivity contribution in [3.05, 3.63) is 64.2 Å². The number of nitrogens with zero attached hydrogens (tertiary/aromatic N) is 1. The molecule has 1 N–H and O–H groups in total. The summed E-state index contributed by atoms with van der Waals surface area (Å²) in [6, 6.07) is 10.8. The van der Waals surface area contributed by atoms with E-state index < -0.39 is 0 Å². The van der Waals surface area contributed by atoms with E-state index in [-0.39, 0.29) is 5.60 Å². The maximum atomic E-state index is 6.07. The quantitative estimate of drug-likeness (QED) is 0.634. The number of fused-ring (bicyclic) bond motifs is 1. The van der Waals surface area contributed by atoms with E-state index in [9.17, 15) is 0 Å². The fraction of sp³-hybridized carbons (Fsp3) is 0.318. The molecule has 0 radical (unpaired) electrons. The third kappa shape index (κ3) is 3.78. The lowest BCUT2D eigenvalue weighted by atomic mass is 9.95. The van der Waals surface area contributed by atoms with E-state index in [0.717, 1.165) is 35.2 Å². The van der Waals surface area contributed by atoms with Crippen molar-refractivity contribution >= 4 is 22.2 Å². The van der Waals surface area contributed by atoms with E-state index in [0.29, 0.717) is 0 Å². The lowest BCUT2D eigenvalue weighted by Crippen LogP contribution is -2.24. The van der Waals surface area contributed by atoms with Crippen LogP contribution in [-0.4, -0.2) is 17.7 Å². The average Bonchev–Trinajstić information content (AvgIpc) is 3.22. The molecular weight excluding hydrogens is 356 g/mol. The van der Waals surface area contributed by atoms with Crippen LogP contribution in [0.15, 0.2) is 41.9 Å². The summed E-state index contributed by atoms with van der Waals surface area (Å²) in [5.41, 5.74) is 5.93. The summed E-state index contributed by atoms with van der Waals surface area (Å²) in [5, 5.41) is 6.23. The van der Waals surface area contributed by atoms with Crippen LogP contribution in [0.5, 0.6) is 11.5 Å². The highest BCUT2D eigenvalue weighted by Crippen LogP contribution is 2.43. The third-order valence-corrected chi connectivity index (χ3v) is 5.52. The largest absolute Gasteiger partial charge is 0.493 e. The summed E-state index contributed by atoms with van der Waals surface area (Å²) >= 11 is 1.60. The molecule has 2 aromatic carbocycles. The molecule has 4 nitrogen and oxygen atoms in total. The van der Waals surface area contributed by atoms with Gasteiger partial charge in [0.25, 0.3) is 0 Å². The van der Waals surface area contributed by atoms with Crippen molar-refractivity contribution in [1.29, 1.82) is 0 Å². The van der Waals surface area contributed by atoms with Gasteiger partial charge in [0.05, 0.1) is 7.11 Å². The van der Waals surface area contributed by atoms with Gasteiger partial charge in [0.15, 0.2) is 16.6 Å². The van der Waals surface area contributed by atoms with Crippen molar-refractivity contribution in [2.45, 2.75) is 39.2 Å². The molecule has 1 aromatic heterocycles. The average molecular weight is 381 g/mol. The molecule has 0 bridgehead atoms. The van der Waals surface area contributed by atoms with Crippen molar-refractivity contribution in [2.75, 3.05) is 12.4 Å². The Bertz CT molecular complexity index is 965. The monoisotopic (exact) mass is 380 g/mol. The summed E-state index contributed by atoms with van der Waals surface area (Å²) in [5.74, 6) is 1.72. The first-order valence-corrected chi connectivity index (χ1v) is 9.96. The number of ether oxygens (including phenoxy) is 2. The van der Waals surface area contributed by atoms with Gasteiger partial charge in [-0.05, 0) is 62.1 Å². The Balaban J connectivity index is 1.58. The fourth-order valence-electron chi connectivity index (χ4n) is 3.60. The maximum absolute atomic E-state index is 6.07. The molecule has 0 amide bonds. The van der Waals surface area contributed by atoms with E-state index in [1.165, 1.54) is 22.3 Å². The highest BCUT2D eigenvalue weighted by atomic mass is 32.1. The SMILES string of the molecule is COc1cc(Cc2ccc(Nc3nccs3)cc2C)cc2c1OC(C)(C)C2. The normalized spacial score (nSPS) is 14.5. The van der Waals surface area contributed by atoms with E-state index in [1.54, 1.807) is 24.6 Å². The summed E-state index contributed by atoms with van der Waals surface area (Å²) in [6.07, 6.45) is 3.58. The number of hydrogen-bond donors (Lipinski definition) is 1. The highest BCUT2D eigenvalue weighted by Gasteiger charge is 2.32. The number of nitrogens with one attached hydrogen (secondary N) is 1. The maximum Gasteiger partial charge on any atom is 0.187 e. The topological polar surface area (TPSA) is 43.4 Å². The second kappa shape index (κ2) is 6.89. The zero-order valence-electron chi connectivity index (χ0n) is 16.1. The molecule has 0 saturated heterocycles. The molecule has 3 aromatic rings. The molecule has 140 valence electrons. The Kier molecular flexibility index (Phi) is 4.56. The van der Waals surface area contributed by atoms with Gasteiger partial charge in [0, 0.05) is 29.2 Å². The third-order valence-electron chi connectivity index (χ3n) is 4.83. The zero-order valence-corrected chi connectivity index (χ0v) is 16.9. The summed E-state index contributed by atoms with van der Waals surface area (Å²) in [6.45, 7) is 6.38. The Morgan fingerprint density at radius 1 is 1.26 bits per heavy atom. The lowest BCUT2D eigenvalue weighted by molar-refractivity contribution is 0.134. The smallest absolute Gasteiger partial charge is 0.187 e. The van der Waals surface area contributed by atoms with Gasteiger partial charge in [-0.1, -0.05) is 12.1 Å². The minimum Gasteiger partial charge on any atom is -0.493 e. The molecule has 0 saturated carbocycles. The molecule has 2 heterocycles. The number of hydrogen-bond acceptors (Lipinski definition) is 5. The van der Waals surface area contributed by atoms with Gasteiger partial charge >= 0.3 is 0 Å². The van der Waals surface area contributed by atoms with Gasteiger partial charge in [-0.2, -0.15) is 0 Å². The summed E-state index contributed by atoms with van der Waals surface area (Å²) < 4.78 is 11.7. The molecule has 27 heavy (non-hydrogen) atoms. The summed E-state index contributed by atoms with van der Waals surface area (Å²) in [7, 11) is 1.71. The Labute approximate surface area is 164 Å². The first-order valence-electron chi connectivity index (χ1n) is 9.08. The Morgan fingerprint density at radius 2 is 2.11 bits per heavy atom. The number of aryl methyl sites for hydroxylation is 1. The van der Waals surface area contributed by atoms with Crippen LogP contribution in [-0.2, 0) is 12.8 Å². The lowest BCUT2D eigenvalue weighted by Gasteiger charge is -2.17. The van der Waals surface area contributed by atoms with Crippen LogP contribution in [0.2, 0.25) is 0 Å². The van der Waals surface area contributed by atoms with Crippen LogP contribution in [0.1, 0.15) is 36.1 Å². The molecule has 1 aliphatic rings. The van der Waals surface area contributed by atoms with Crippen molar-refractivity contribution in [1.82, 2.24) is 4.98 Å². The van der Waals surface area contributed by atoms with Crippen LogP contribution in [0.25, 0.3) is 0 Å². The van der Waals surface area contributed by atoms with Gasteiger partial charge in [0.1, 0.15) is 5.60 Å². The zero-order chi connectivity index (χ0) is 19.0. The van der Waals surface area contributed by atoms with Crippen LogP contribution >= 0.6 is 11.3 Å². The van der Waals surface area contributed by atoms with Gasteiger partial charge in [-0.3, -0.25) is 0 Å². The molecule has 0 aliphatic carbocycles. The number of aromatic nitrogens is 1. The van der Waals surface area contributed by atoms with Crippen LogP contribution in [0, 0.1) is 6.92 Å². The van der Waals surface area contributed by atoms with Gasteiger partial charge in [-0.15, -0.1) is 11.3 Å². The number of thiazole rings is 1. The van der Waals surface area contributed by atoms with Crippen LogP contribution < -0.4 is 14.8 Å². The minimum absolute atomic E-state index is 0.173. The molecule has 4 rings (SSSR count). The van der Waals surface area contributed by atoms with E-state index in [1.807, 2.05) is 5.38 Å². The molecule has 0 fully saturated rings. The fourth-order valence-corrected chi connectivity index (χ4v) is 4.14. The first-order chi connectivity index (χ1) is 12.9. The summed E-state index contributed by atoms with van der Waals surface area (Å²) in [4.78, 5) is 4.28. The number of rotatable bonds is 5. The van der Waals surface area contributed by atoms with Crippen molar-refractivity contribution < 1.29 is 9.47 Å². The molecular formula is C22H24N2O2S. The number of anilines is 2. The van der Waals surface area contributed by atoms with Crippen LogP contribution in [0.4, 0.5) is 10.8 Å². The van der Waals surface area contributed by atoms with E-state index >= 15 is 0 Å². The first kappa shape index (κ1) is 17.9. The standard InChI is InChI=1S/C22H24N2O2S/c1-14-9-18(24-21-23-7-8-27-21)6-5-16(14)10-15-11-17-13-22(2,3)26-20(17)19(12-15)25-4/h5-9,11-12H,10,13H2,1-4H3,(H,23,24). The second-order valence-electron chi connectivity index (χ2n) is 7.61. The van der Waals surface area contributed by atoms with Gasteiger partial charge < -0.3 is 14.8 Å². The Morgan fingerprint density at radius 3 is 2.81 bits per heavy atom. The predicted molar refractivity (Wildman–Crippen MR) is 111 cm³/mol. The van der Waals surface area contributed by atoms with Gasteiger partial charge in [0.2, 0.25) is 0 Å². The predicted octanol–water partition coefficient (Wildman–Crippen LogP) is 5.51. The molecule has 0 spiro atoms.